The Bertz CT molecular complexity index is 554. The van der Waals surface area contributed by atoms with Crippen molar-refractivity contribution in [1.29, 1.82) is 0 Å². The van der Waals surface area contributed by atoms with Crippen molar-refractivity contribution in [3.63, 3.8) is 0 Å². The highest BCUT2D eigenvalue weighted by Gasteiger charge is 2.31. The van der Waals surface area contributed by atoms with Crippen molar-refractivity contribution in [3.05, 3.63) is 15.8 Å². The van der Waals surface area contributed by atoms with Crippen LogP contribution in [0.3, 0.4) is 0 Å². The molecule has 1 saturated carbocycles. The van der Waals surface area contributed by atoms with Crippen molar-refractivity contribution in [2.24, 2.45) is 5.73 Å². The van der Waals surface area contributed by atoms with E-state index in [-0.39, 0.29) is 12.6 Å². The van der Waals surface area contributed by atoms with Gasteiger partial charge in [0.15, 0.2) is 0 Å². The Morgan fingerprint density at radius 3 is 2.80 bits per heavy atom. The van der Waals surface area contributed by atoms with Crippen LogP contribution in [-0.4, -0.2) is 26.0 Å². The average Bonchev–Trinajstić information content (AvgIpc) is 2.81. The van der Waals surface area contributed by atoms with E-state index in [1.165, 1.54) is 17.8 Å². The maximum atomic E-state index is 12.7. The molecule has 20 heavy (non-hydrogen) atoms. The summed E-state index contributed by atoms with van der Waals surface area (Å²) in [5, 5.41) is 2.24. The maximum absolute atomic E-state index is 12.7. The van der Waals surface area contributed by atoms with E-state index in [0.29, 0.717) is 10.1 Å². The topological polar surface area (TPSA) is 72.2 Å². The number of nitrogens with two attached hydrogens (primary N) is 1. The van der Waals surface area contributed by atoms with Crippen LogP contribution in [0.15, 0.2) is 10.3 Å². The molecule has 0 amide bonds. The average molecular weight is 335 g/mol. The number of thioether (sulfide) groups is 1. The summed E-state index contributed by atoms with van der Waals surface area (Å²) in [5.74, 6) is 0. The zero-order chi connectivity index (χ0) is 14.8. The Morgan fingerprint density at radius 1 is 1.45 bits per heavy atom. The molecular weight excluding hydrogens is 312 g/mol. The Kier molecular flexibility index (Phi) is 5.53. The van der Waals surface area contributed by atoms with Crippen LogP contribution in [0.5, 0.6) is 0 Å². The van der Waals surface area contributed by atoms with Gasteiger partial charge in [-0.1, -0.05) is 12.8 Å². The number of hydrogen-bond donors (Lipinski definition) is 2. The second-order valence-electron chi connectivity index (χ2n) is 5.16. The minimum absolute atomic E-state index is 0.0358. The zero-order valence-corrected chi connectivity index (χ0v) is 14.3. The molecule has 0 radical (unpaired) electrons. The lowest BCUT2D eigenvalue weighted by Gasteiger charge is -2.30. The Morgan fingerprint density at radius 2 is 2.15 bits per heavy atom. The first-order valence-electron chi connectivity index (χ1n) is 6.81. The van der Waals surface area contributed by atoms with Crippen molar-refractivity contribution in [1.82, 2.24) is 4.72 Å². The largest absolute Gasteiger partial charge is 0.326 e. The number of sulfonamides is 1. The van der Waals surface area contributed by atoms with Gasteiger partial charge in [0.1, 0.15) is 4.90 Å². The summed E-state index contributed by atoms with van der Waals surface area (Å²) in [6.07, 6.45) is 6.34. The standard InChI is InChI=1S/C13H22N2O2S3/c1-9-8-19-12(7-14)13(9)20(16,17)15-10-5-3-4-6-11(10)18-2/h8,10-11,15H,3-7,14H2,1-2H3. The Balaban J connectivity index is 2.24. The van der Waals surface area contributed by atoms with E-state index in [0.717, 1.165) is 29.7 Å². The molecule has 0 saturated heterocycles. The van der Waals surface area contributed by atoms with E-state index in [9.17, 15) is 8.42 Å². The fraction of sp³-hybridized carbons (Fsp3) is 0.692. The highest BCUT2D eigenvalue weighted by molar-refractivity contribution is 7.99. The van der Waals surface area contributed by atoms with Crippen molar-refractivity contribution < 1.29 is 8.42 Å². The first kappa shape index (κ1) is 16.3. The molecule has 2 unspecified atom stereocenters. The summed E-state index contributed by atoms with van der Waals surface area (Å²) in [5.41, 5.74) is 6.45. The minimum Gasteiger partial charge on any atom is -0.326 e. The molecule has 0 spiro atoms. The quantitative estimate of drug-likeness (QED) is 0.867. The number of aryl methyl sites for hydroxylation is 1. The number of thiophene rings is 1. The molecule has 2 rings (SSSR count). The monoisotopic (exact) mass is 334 g/mol. The van der Waals surface area contributed by atoms with E-state index in [1.54, 1.807) is 11.8 Å². The van der Waals surface area contributed by atoms with Crippen LogP contribution in [0, 0.1) is 6.92 Å². The molecule has 3 N–H and O–H groups in total. The molecule has 0 bridgehead atoms. The van der Waals surface area contributed by atoms with E-state index in [1.807, 2.05) is 12.3 Å². The SMILES string of the molecule is CSC1CCCCC1NS(=O)(=O)c1c(C)csc1CN. The van der Waals surface area contributed by atoms with Gasteiger partial charge in [0.2, 0.25) is 10.0 Å². The molecule has 0 aliphatic heterocycles. The Labute approximate surface area is 129 Å². The molecule has 1 aliphatic rings. The van der Waals surface area contributed by atoms with E-state index >= 15 is 0 Å². The molecule has 1 aromatic rings. The van der Waals surface area contributed by atoms with Gasteiger partial charge in [0.05, 0.1) is 0 Å². The highest BCUT2D eigenvalue weighted by atomic mass is 32.2. The van der Waals surface area contributed by atoms with Gasteiger partial charge < -0.3 is 5.73 Å². The van der Waals surface area contributed by atoms with Crippen LogP contribution in [0.25, 0.3) is 0 Å². The lowest BCUT2D eigenvalue weighted by Crippen LogP contribution is -2.43. The summed E-state index contributed by atoms with van der Waals surface area (Å²) in [6.45, 7) is 2.10. The summed E-state index contributed by atoms with van der Waals surface area (Å²) in [7, 11) is -3.47. The van der Waals surface area contributed by atoms with Crippen LogP contribution in [0.4, 0.5) is 0 Å². The van der Waals surface area contributed by atoms with Gasteiger partial charge in [0.25, 0.3) is 0 Å². The molecule has 0 aromatic carbocycles. The third-order valence-corrected chi connectivity index (χ3v) is 7.90. The van der Waals surface area contributed by atoms with Gasteiger partial charge in [-0.05, 0) is 37.0 Å². The Hall–Kier alpha value is -0.0800. The molecule has 1 heterocycles. The molecular formula is C13H22N2O2S3. The number of hydrogen-bond acceptors (Lipinski definition) is 5. The fourth-order valence-electron chi connectivity index (χ4n) is 2.76. The van der Waals surface area contributed by atoms with Crippen molar-refractivity contribution in [3.8, 4) is 0 Å². The highest BCUT2D eigenvalue weighted by Crippen LogP contribution is 2.31. The van der Waals surface area contributed by atoms with Crippen LogP contribution in [0.2, 0.25) is 0 Å². The van der Waals surface area contributed by atoms with Gasteiger partial charge in [-0.25, -0.2) is 13.1 Å². The van der Waals surface area contributed by atoms with Gasteiger partial charge in [-0.3, -0.25) is 0 Å². The molecule has 7 heteroatoms. The van der Waals surface area contributed by atoms with E-state index < -0.39 is 10.0 Å². The number of rotatable bonds is 5. The van der Waals surface area contributed by atoms with Crippen LogP contribution >= 0.6 is 23.1 Å². The first-order chi connectivity index (χ1) is 9.49. The number of nitrogens with one attached hydrogen (secondary N) is 1. The summed E-state index contributed by atoms with van der Waals surface area (Å²) < 4.78 is 28.2. The van der Waals surface area contributed by atoms with Crippen molar-refractivity contribution in [2.75, 3.05) is 6.26 Å². The first-order valence-corrected chi connectivity index (χ1v) is 10.5. The van der Waals surface area contributed by atoms with Gasteiger partial charge >= 0.3 is 0 Å². The third kappa shape index (κ3) is 3.39. The van der Waals surface area contributed by atoms with Crippen molar-refractivity contribution >= 4 is 33.1 Å². The molecule has 2 atom stereocenters. The van der Waals surface area contributed by atoms with E-state index in [4.69, 9.17) is 5.73 Å². The smallest absolute Gasteiger partial charge is 0.242 e. The second kappa shape index (κ2) is 6.79. The lowest BCUT2D eigenvalue weighted by molar-refractivity contribution is 0.423. The minimum atomic E-state index is -3.47. The predicted molar refractivity (Wildman–Crippen MR) is 86.8 cm³/mol. The molecule has 1 aliphatic carbocycles. The molecule has 1 aromatic heterocycles. The maximum Gasteiger partial charge on any atom is 0.242 e. The van der Waals surface area contributed by atoms with Gasteiger partial charge in [-0.2, -0.15) is 11.8 Å². The fourth-order valence-corrected chi connectivity index (χ4v) is 6.80. The molecule has 4 nitrogen and oxygen atoms in total. The van der Waals surface area contributed by atoms with Gasteiger partial charge in [0, 0.05) is 22.7 Å². The predicted octanol–water partition coefficient (Wildman–Crippen LogP) is 2.47. The summed E-state index contributed by atoms with van der Waals surface area (Å²) in [4.78, 5) is 1.14. The normalized spacial score (nSPS) is 23.9. The summed E-state index contributed by atoms with van der Waals surface area (Å²) in [6, 6.07) is 0.0358. The molecule has 114 valence electrons. The van der Waals surface area contributed by atoms with Crippen LogP contribution in [0.1, 0.15) is 36.1 Å². The van der Waals surface area contributed by atoms with Crippen LogP contribution in [-0.2, 0) is 16.6 Å². The summed E-state index contributed by atoms with van der Waals surface area (Å²) >= 11 is 3.18. The lowest BCUT2D eigenvalue weighted by atomic mass is 9.96. The van der Waals surface area contributed by atoms with E-state index in [2.05, 4.69) is 11.0 Å². The molecule has 1 fully saturated rings. The van der Waals surface area contributed by atoms with Crippen LogP contribution < -0.4 is 10.5 Å². The zero-order valence-electron chi connectivity index (χ0n) is 11.9. The van der Waals surface area contributed by atoms with Crippen molar-refractivity contribution in [2.45, 2.75) is 55.3 Å². The van der Waals surface area contributed by atoms with Gasteiger partial charge in [-0.15, -0.1) is 11.3 Å². The second-order valence-corrected chi connectivity index (χ2v) is 8.85. The third-order valence-electron chi connectivity index (χ3n) is 3.76.